The van der Waals surface area contributed by atoms with Crippen molar-refractivity contribution < 1.29 is 9.59 Å². The van der Waals surface area contributed by atoms with Crippen LogP contribution in [0.15, 0.2) is 22.6 Å². The number of nitrogens with one attached hydrogen (secondary N) is 1. The van der Waals surface area contributed by atoms with E-state index in [9.17, 15) is 9.59 Å². The van der Waals surface area contributed by atoms with Gasteiger partial charge in [-0.25, -0.2) is 0 Å². The summed E-state index contributed by atoms with van der Waals surface area (Å²) in [6.07, 6.45) is 3.29. The summed E-state index contributed by atoms with van der Waals surface area (Å²) in [5.41, 5.74) is 0.648. The Labute approximate surface area is 67.5 Å². The lowest BCUT2D eigenvalue weighted by atomic mass is 10.1. The van der Waals surface area contributed by atoms with E-state index in [2.05, 4.69) is 5.32 Å². The highest BCUT2D eigenvalue weighted by atomic mass is 32.2. The quantitative estimate of drug-likeness (QED) is 0.524. The smallest absolute Gasteiger partial charge is 0.258 e. The number of rotatable bonds is 0. The molecule has 0 aromatic rings. The van der Waals surface area contributed by atoms with Crippen LogP contribution in [-0.4, -0.2) is 17.6 Å². The van der Waals surface area contributed by atoms with Crippen LogP contribution in [0.4, 0.5) is 0 Å². The summed E-state index contributed by atoms with van der Waals surface area (Å²) in [7, 11) is 0. The average Bonchev–Trinajstić information content (AvgIpc) is 2.34. The van der Waals surface area contributed by atoms with Crippen LogP contribution in [0, 0.1) is 0 Å². The van der Waals surface area contributed by atoms with Gasteiger partial charge in [-0.05, 0) is 0 Å². The van der Waals surface area contributed by atoms with Crippen LogP contribution in [0.25, 0.3) is 0 Å². The standard InChI is InChI=1S/C7H5NO2S/c9-6-3-5-4(1-2-11-5)7(10)8-6/h1,3H,2H2,(H,8,9,10). The summed E-state index contributed by atoms with van der Waals surface area (Å²) in [5, 5.41) is 2.21. The van der Waals surface area contributed by atoms with Gasteiger partial charge in [-0.15, -0.1) is 11.8 Å². The third kappa shape index (κ3) is 0.991. The lowest BCUT2D eigenvalue weighted by molar-refractivity contribution is -0.126. The molecule has 2 rings (SSSR count). The number of carbonyl (C=O) groups excluding carboxylic acids is 2. The Morgan fingerprint density at radius 3 is 3.09 bits per heavy atom. The molecule has 0 saturated heterocycles. The molecule has 0 unspecified atom stereocenters. The number of thioether (sulfide) groups is 1. The van der Waals surface area contributed by atoms with Crippen LogP contribution in [0.3, 0.4) is 0 Å². The van der Waals surface area contributed by atoms with Gasteiger partial charge in [0.15, 0.2) is 0 Å². The van der Waals surface area contributed by atoms with E-state index < -0.39 is 0 Å². The lowest BCUT2D eigenvalue weighted by Gasteiger charge is -2.09. The molecule has 4 heteroatoms. The minimum Gasteiger partial charge on any atom is -0.289 e. The zero-order chi connectivity index (χ0) is 7.84. The number of amides is 2. The van der Waals surface area contributed by atoms with Gasteiger partial charge in [-0.3, -0.25) is 14.9 Å². The lowest BCUT2D eigenvalue weighted by Crippen LogP contribution is -2.33. The first kappa shape index (κ1) is 6.67. The molecule has 0 atom stereocenters. The first-order chi connectivity index (χ1) is 5.27. The molecular formula is C7H5NO2S. The van der Waals surface area contributed by atoms with E-state index in [0.29, 0.717) is 5.57 Å². The molecule has 0 aromatic carbocycles. The summed E-state index contributed by atoms with van der Waals surface area (Å²) >= 11 is 1.52. The van der Waals surface area contributed by atoms with Crippen molar-refractivity contribution in [2.24, 2.45) is 0 Å². The highest BCUT2D eigenvalue weighted by Gasteiger charge is 2.25. The molecule has 2 aliphatic rings. The highest BCUT2D eigenvalue weighted by molar-refractivity contribution is 8.03. The van der Waals surface area contributed by atoms with Crippen LogP contribution >= 0.6 is 11.8 Å². The molecule has 1 N–H and O–H groups in total. The Balaban J connectivity index is 2.47. The monoisotopic (exact) mass is 167 g/mol. The average molecular weight is 167 g/mol. The molecule has 0 radical (unpaired) electrons. The second-order valence-corrected chi connectivity index (χ2v) is 3.32. The molecule has 2 amide bonds. The van der Waals surface area contributed by atoms with Crippen molar-refractivity contribution in [3.8, 4) is 0 Å². The Morgan fingerprint density at radius 1 is 1.45 bits per heavy atom. The van der Waals surface area contributed by atoms with E-state index in [1.54, 1.807) is 0 Å². The van der Waals surface area contributed by atoms with E-state index in [-0.39, 0.29) is 11.8 Å². The molecule has 2 heterocycles. The van der Waals surface area contributed by atoms with Gasteiger partial charge in [0.25, 0.3) is 11.8 Å². The fourth-order valence-corrected chi connectivity index (χ4v) is 2.00. The molecule has 56 valence electrons. The Kier molecular flexibility index (Phi) is 1.35. The van der Waals surface area contributed by atoms with Crippen LogP contribution in [0.1, 0.15) is 0 Å². The second-order valence-electron chi connectivity index (χ2n) is 2.26. The molecular weight excluding hydrogens is 162 g/mol. The fraction of sp³-hybridized carbons (Fsp3) is 0.143. The molecule has 0 saturated carbocycles. The highest BCUT2D eigenvalue weighted by Crippen LogP contribution is 2.32. The summed E-state index contributed by atoms with van der Waals surface area (Å²) in [6.45, 7) is 0. The molecule has 3 nitrogen and oxygen atoms in total. The maximum Gasteiger partial charge on any atom is 0.258 e. The van der Waals surface area contributed by atoms with Crippen LogP contribution in [-0.2, 0) is 9.59 Å². The van der Waals surface area contributed by atoms with Crippen LogP contribution < -0.4 is 5.32 Å². The van der Waals surface area contributed by atoms with Crippen LogP contribution in [0.2, 0.25) is 0 Å². The van der Waals surface area contributed by atoms with E-state index in [0.717, 1.165) is 10.7 Å². The van der Waals surface area contributed by atoms with Gasteiger partial charge < -0.3 is 0 Å². The Morgan fingerprint density at radius 2 is 2.27 bits per heavy atom. The number of imide groups is 1. The summed E-state index contributed by atoms with van der Waals surface area (Å²) in [6, 6.07) is 0. The largest absolute Gasteiger partial charge is 0.289 e. The zero-order valence-electron chi connectivity index (χ0n) is 5.59. The molecule has 0 spiro atoms. The van der Waals surface area contributed by atoms with Crippen molar-refractivity contribution in [2.45, 2.75) is 0 Å². The molecule has 0 aliphatic carbocycles. The molecule has 11 heavy (non-hydrogen) atoms. The van der Waals surface area contributed by atoms with Crippen molar-refractivity contribution in [1.82, 2.24) is 5.32 Å². The van der Waals surface area contributed by atoms with Gasteiger partial charge in [0.2, 0.25) is 0 Å². The first-order valence-electron chi connectivity index (χ1n) is 3.18. The van der Waals surface area contributed by atoms with Gasteiger partial charge in [-0.1, -0.05) is 6.08 Å². The second kappa shape index (κ2) is 2.23. The fourth-order valence-electron chi connectivity index (χ4n) is 1.05. The van der Waals surface area contributed by atoms with Crippen molar-refractivity contribution in [2.75, 3.05) is 5.75 Å². The number of hydrogen-bond donors (Lipinski definition) is 1. The van der Waals surface area contributed by atoms with Crippen molar-refractivity contribution in [3.05, 3.63) is 22.6 Å². The van der Waals surface area contributed by atoms with E-state index in [4.69, 9.17) is 0 Å². The zero-order valence-corrected chi connectivity index (χ0v) is 6.40. The first-order valence-corrected chi connectivity index (χ1v) is 4.16. The van der Waals surface area contributed by atoms with Gasteiger partial charge in [-0.2, -0.15) is 0 Å². The van der Waals surface area contributed by atoms with Gasteiger partial charge >= 0.3 is 0 Å². The normalized spacial score (nSPS) is 22.2. The molecule has 0 fully saturated rings. The van der Waals surface area contributed by atoms with Crippen molar-refractivity contribution in [3.63, 3.8) is 0 Å². The Bertz CT molecular complexity index is 304. The number of fused-ring (bicyclic) bond motifs is 1. The molecule has 0 bridgehead atoms. The number of carbonyl (C=O) groups is 2. The summed E-state index contributed by atoms with van der Waals surface area (Å²) in [4.78, 5) is 22.6. The summed E-state index contributed by atoms with van der Waals surface area (Å²) in [5.74, 6) is 0.219. The predicted molar refractivity (Wildman–Crippen MR) is 41.8 cm³/mol. The molecule has 0 aromatic heterocycles. The minimum absolute atomic E-state index is 0.266. The maximum atomic E-state index is 11.0. The minimum atomic E-state index is -0.309. The van der Waals surface area contributed by atoms with Crippen molar-refractivity contribution >= 4 is 23.6 Å². The third-order valence-electron chi connectivity index (χ3n) is 1.54. The van der Waals surface area contributed by atoms with Gasteiger partial charge in [0.1, 0.15) is 0 Å². The van der Waals surface area contributed by atoms with E-state index in [1.165, 1.54) is 17.8 Å². The van der Waals surface area contributed by atoms with E-state index >= 15 is 0 Å². The van der Waals surface area contributed by atoms with Crippen LogP contribution in [0.5, 0.6) is 0 Å². The predicted octanol–water partition coefficient (Wildman–Crippen LogP) is 0.200. The van der Waals surface area contributed by atoms with Crippen molar-refractivity contribution in [1.29, 1.82) is 0 Å². The van der Waals surface area contributed by atoms with E-state index in [1.807, 2.05) is 6.08 Å². The van der Waals surface area contributed by atoms with Gasteiger partial charge in [0.05, 0.1) is 5.57 Å². The van der Waals surface area contributed by atoms with Gasteiger partial charge in [0, 0.05) is 16.7 Å². The maximum absolute atomic E-state index is 11.0. The Hall–Kier alpha value is -1.03. The topological polar surface area (TPSA) is 46.2 Å². The third-order valence-corrected chi connectivity index (χ3v) is 2.52. The SMILES string of the molecule is O=C1C=C2SCC=C2C(=O)N1. The molecule has 2 aliphatic heterocycles. The summed E-state index contributed by atoms with van der Waals surface area (Å²) < 4.78 is 0. The number of hydrogen-bond acceptors (Lipinski definition) is 3.